The van der Waals surface area contributed by atoms with Crippen LogP contribution in [0.1, 0.15) is 28.4 Å². The maximum absolute atomic E-state index is 13.5. The number of hydrogen-bond donors (Lipinski definition) is 2. The normalized spacial score (nSPS) is 15.5. The van der Waals surface area contributed by atoms with E-state index in [0.717, 1.165) is 23.2 Å². The van der Waals surface area contributed by atoms with Gasteiger partial charge in [0, 0.05) is 28.2 Å². The highest BCUT2D eigenvalue weighted by atomic mass is 35.5. The molecule has 1 unspecified atom stereocenters. The number of aryl methyl sites for hydroxylation is 1. The minimum absolute atomic E-state index is 0.194. The Balaban J connectivity index is 1.57. The number of aromatic amines is 1. The average Bonchev–Trinajstić information content (AvgIpc) is 3.18. The third-order valence-corrected chi connectivity index (χ3v) is 6.33. The average molecular weight is 446 g/mol. The van der Waals surface area contributed by atoms with Crippen LogP contribution in [0.3, 0.4) is 0 Å². The lowest BCUT2D eigenvalue weighted by molar-refractivity contribution is 0.193. The Labute approximate surface area is 192 Å². The Morgan fingerprint density at radius 2 is 1.91 bits per heavy atom. The van der Waals surface area contributed by atoms with Gasteiger partial charge in [0.15, 0.2) is 0 Å². The van der Waals surface area contributed by atoms with Crippen LogP contribution in [0.25, 0.3) is 10.9 Å². The van der Waals surface area contributed by atoms with Crippen molar-refractivity contribution in [1.29, 1.82) is 0 Å². The van der Waals surface area contributed by atoms with E-state index in [2.05, 4.69) is 59.7 Å². The summed E-state index contributed by atoms with van der Waals surface area (Å²) < 4.78 is 5.41. The van der Waals surface area contributed by atoms with Crippen molar-refractivity contribution >= 4 is 34.2 Å². The number of benzene rings is 3. The second-order valence-corrected chi connectivity index (χ2v) is 8.53. The summed E-state index contributed by atoms with van der Waals surface area (Å²) in [6.07, 6.45) is 0.780. The van der Waals surface area contributed by atoms with Crippen molar-refractivity contribution in [3.63, 3.8) is 0 Å². The summed E-state index contributed by atoms with van der Waals surface area (Å²) in [5, 5.41) is 4.76. The summed E-state index contributed by atoms with van der Waals surface area (Å²) in [6.45, 7) is 2.66. The summed E-state index contributed by atoms with van der Waals surface area (Å²) >= 11 is 6.17. The SMILES string of the molecule is COc1ccc(Cl)cc1NC(=O)N1CCc2c([nH]c3ccccc23)C1c1ccc(C)cc1. The van der Waals surface area contributed by atoms with Crippen LogP contribution in [0.5, 0.6) is 5.75 Å². The molecule has 0 spiro atoms. The molecular formula is C26H24ClN3O2. The molecule has 0 saturated carbocycles. The quantitative estimate of drug-likeness (QED) is 0.387. The lowest BCUT2D eigenvalue weighted by Gasteiger charge is -2.36. The fraction of sp³-hybridized carbons (Fsp3) is 0.192. The number of anilines is 1. The molecule has 0 saturated heterocycles. The molecule has 1 aromatic heterocycles. The van der Waals surface area contributed by atoms with Crippen molar-refractivity contribution < 1.29 is 9.53 Å². The van der Waals surface area contributed by atoms with Gasteiger partial charge in [0.25, 0.3) is 0 Å². The molecule has 32 heavy (non-hydrogen) atoms. The maximum atomic E-state index is 13.5. The van der Waals surface area contributed by atoms with Gasteiger partial charge in [0.05, 0.1) is 18.8 Å². The van der Waals surface area contributed by atoms with Gasteiger partial charge in [-0.1, -0.05) is 59.6 Å². The number of rotatable bonds is 3. The van der Waals surface area contributed by atoms with Crippen molar-refractivity contribution in [2.45, 2.75) is 19.4 Å². The number of aromatic nitrogens is 1. The number of ether oxygens (including phenoxy) is 1. The Morgan fingerprint density at radius 1 is 1.12 bits per heavy atom. The minimum atomic E-state index is -0.225. The van der Waals surface area contributed by atoms with E-state index in [9.17, 15) is 4.79 Å². The number of carbonyl (C=O) groups is 1. The number of hydrogen-bond acceptors (Lipinski definition) is 2. The predicted octanol–water partition coefficient (Wildman–Crippen LogP) is 6.32. The summed E-state index contributed by atoms with van der Waals surface area (Å²) in [7, 11) is 1.58. The number of methoxy groups -OCH3 is 1. The maximum Gasteiger partial charge on any atom is 0.322 e. The Kier molecular flexibility index (Phi) is 5.27. The van der Waals surface area contributed by atoms with Gasteiger partial charge in [-0.2, -0.15) is 0 Å². The van der Waals surface area contributed by atoms with E-state index in [-0.39, 0.29) is 12.1 Å². The van der Waals surface area contributed by atoms with E-state index in [1.54, 1.807) is 25.3 Å². The van der Waals surface area contributed by atoms with Gasteiger partial charge in [-0.25, -0.2) is 4.79 Å². The van der Waals surface area contributed by atoms with Crippen LogP contribution in [0.4, 0.5) is 10.5 Å². The minimum Gasteiger partial charge on any atom is -0.495 e. The van der Waals surface area contributed by atoms with Gasteiger partial charge in [-0.3, -0.25) is 0 Å². The van der Waals surface area contributed by atoms with Crippen LogP contribution in [-0.4, -0.2) is 29.6 Å². The number of carbonyl (C=O) groups excluding carboxylic acids is 1. The molecule has 0 radical (unpaired) electrons. The van der Waals surface area contributed by atoms with E-state index in [4.69, 9.17) is 16.3 Å². The lowest BCUT2D eigenvalue weighted by atomic mass is 9.92. The molecule has 5 rings (SSSR count). The highest BCUT2D eigenvalue weighted by Crippen LogP contribution is 2.39. The van der Waals surface area contributed by atoms with E-state index in [1.807, 2.05) is 11.0 Å². The first-order valence-corrected chi connectivity index (χ1v) is 11.0. The molecule has 1 atom stereocenters. The zero-order chi connectivity index (χ0) is 22.2. The molecule has 2 N–H and O–H groups in total. The number of para-hydroxylation sites is 1. The van der Waals surface area contributed by atoms with Crippen molar-refractivity contribution in [2.75, 3.05) is 19.0 Å². The first-order valence-electron chi connectivity index (χ1n) is 10.6. The number of halogens is 1. The highest BCUT2D eigenvalue weighted by Gasteiger charge is 2.34. The smallest absolute Gasteiger partial charge is 0.322 e. The lowest BCUT2D eigenvalue weighted by Crippen LogP contribution is -2.43. The van der Waals surface area contributed by atoms with Crippen LogP contribution in [0.15, 0.2) is 66.7 Å². The molecule has 4 aromatic rings. The molecule has 0 aliphatic carbocycles. The molecule has 1 aliphatic heterocycles. The molecule has 0 bridgehead atoms. The number of urea groups is 1. The summed E-state index contributed by atoms with van der Waals surface area (Å²) in [5.41, 5.74) is 6.23. The molecule has 2 heterocycles. The monoisotopic (exact) mass is 445 g/mol. The summed E-state index contributed by atoms with van der Waals surface area (Å²) in [5.74, 6) is 0.568. The zero-order valence-electron chi connectivity index (χ0n) is 18.0. The van der Waals surface area contributed by atoms with Crippen molar-refractivity contribution in [3.8, 4) is 5.75 Å². The number of amides is 2. The van der Waals surface area contributed by atoms with Crippen LogP contribution in [0.2, 0.25) is 5.02 Å². The molecule has 0 fully saturated rings. The van der Waals surface area contributed by atoms with E-state index in [0.29, 0.717) is 23.0 Å². The van der Waals surface area contributed by atoms with Gasteiger partial charge < -0.3 is 19.9 Å². The van der Waals surface area contributed by atoms with Gasteiger partial charge in [-0.15, -0.1) is 0 Å². The Bertz CT molecular complexity index is 1300. The van der Waals surface area contributed by atoms with Crippen LogP contribution >= 0.6 is 11.6 Å². The fourth-order valence-corrected chi connectivity index (χ4v) is 4.69. The van der Waals surface area contributed by atoms with Gasteiger partial charge in [-0.05, 0) is 48.7 Å². The summed E-state index contributed by atoms with van der Waals surface area (Å²) in [4.78, 5) is 19.0. The van der Waals surface area contributed by atoms with Gasteiger partial charge in [0.2, 0.25) is 0 Å². The van der Waals surface area contributed by atoms with Gasteiger partial charge >= 0.3 is 6.03 Å². The van der Waals surface area contributed by atoms with E-state index in [1.165, 1.54) is 16.5 Å². The van der Waals surface area contributed by atoms with Crippen molar-refractivity contribution in [3.05, 3.63) is 94.1 Å². The standard InChI is InChI=1S/C26H24ClN3O2/c1-16-7-9-17(10-8-16)25-24-20(19-5-3-4-6-21(19)28-24)13-14-30(25)26(31)29-22-15-18(27)11-12-23(22)32-2/h3-12,15,25,28H,13-14H2,1-2H3,(H,29,31). The van der Waals surface area contributed by atoms with Crippen molar-refractivity contribution in [2.24, 2.45) is 0 Å². The number of fused-ring (bicyclic) bond motifs is 3. The molecular weight excluding hydrogens is 422 g/mol. The largest absolute Gasteiger partial charge is 0.495 e. The van der Waals surface area contributed by atoms with Gasteiger partial charge in [0.1, 0.15) is 5.75 Å². The van der Waals surface area contributed by atoms with Crippen molar-refractivity contribution in [1.82, 2.24) is 9.88 Å². The molecule has 162 valence electrons. The first kappa shape index (κ1) is 20.5. The number of H-pyrrole nitrogens is 1. The third-order valence-electron chi connectivity index (χ3n) is 6.09. The number of nitrogens with zero attached hydrogens (tertiary/aromatic N) is 1. The van der Waals surface area contributed by atoms with Crippen LogP contribution in [-0.2, 0) is 6.42 Å². The molecule has 5 nitrogen and oxygen atoms in total. The third kappa shape index (κ3) is 3.59. The van der Waals surface area contributed by atoms with Crippen LogP contribution < -0.4 is 10.1 Å². The predicted molar refractivity (Wildman–Crippen MR) is 129 cm³/mol. The van der Waals surface area contributed by atoms with E-state index < -0.39 is 0 Å². The highest BCUT2D eigenvalue weighted by molar-refractivity contribution is 6.31. The fourth-order valence-electron chi connectivity index (χ4n) is 4.52. The number of nitrogens with one attached hydrogen (secondary N) is 2. The second kappa shape index (κ2) is 8.24. The van der Waals surface area contributed by atoms with E-state index >= 15 is 0 Å². The Hall–Kier alpha value is -3.44. The first-order chi connectivity index (χ1) is 15.5. The molecule has 2 amide bonds. The zero-order valence-corrected chi connectivity index (χ0v) is 18.7. The molecule has 3 aromatic carbocycles. The Morgan fingerprint density at radius 3 is 2.69 bits per heavy atom. The molecule has 1 aliphatic rings. The molecule has 6 heteroatoms. The topological polar surface area (TPSA) is 57.4 Å². The second-order valence-electron chi connectivity index (χ2n) is 8.09. The summed E-state index contributed by atoms with van der Waals surface area (Å²) in [6, 6.07) is 21.5. The van der Waals surface area contributed by atoms with Crippen LogP contribution in [0, 0.1) is 6.92 Å².